The molecule has 0 spiro atoms. The van der Waals surface area contributed by atoms with E-state index >= 15 is 0 Å². The number of nitrogens with zero attached hydrogens (tertiary/aromatic N) is 4. The maximum atomic E-state index is 4.43. The molecule has 0 aliphatic carbocycles. The molecule has 1 fully saturated rings. The molecule has 1 saturated heterocycles. The molecule has 0 bridgehead atoms. The van der Waals surface area contributed by atoms with E-state index in [0.29, 0.717) is 6.04 Å². The monoisotopic (exact) mass is 243 g/mol. The van der Waals surface area contributed by atoms with Crippen molar-refractivity contribution in [3.8, 4) is 0 Å². The zero-order valence-corrected chi connectivity index (χ0v) is 10.5. The maximum Gasteiger partial charge on any atom is 0.0925 e. The summed E-state index contributed by atoms with van der Waals surface area (Å²) in [7, 11) is 0. The number of aryl methyl sites for hydroxylation is 1. The molecule has 18 heavy (non-hydrogen) atoms. The third-order valence-corrected chi connectivity index (χ3v) is 3.58. The number of aromatic nitrogens is 4. The molecular formula is C13H17N5. The molecule has 3 rings (SSSR count). The number of H-pyrrole nitrogens is 1. The summed E-state index contributed by atoms with van der Waals surface area (Å²) in [6.45, 7) is 4.06. The van der Waals surface area contributed by atoms with Gasteiger partial charge in [-0.05, 0) is 26.3 Å². The van der Waals surface area contributed by atoms with E-state index in [2.05, 4.69) is 31.8 Å². The van der Waals surface area contributed by atoms with Gasteiger partial charge in [-0.25, -0.2) is 4.98 Å². The van der Waals surface area contributed by atoms with Crippen LogP contribution in [0.3, 0.4) is 0 Å². The molecule has 1 aliphatic rings. The predicted molar refractivity (Wildman–Crippen MR) is 67.7 cm³/mol. The first-order chi connectivity index (χ1) is 8.84. The quantitative estimate of drug-likeness (QED) is 0.893. The maximum absolute atomic E-state index is 4.43. The van der Waals surface area contributed by atoms with Gasteiger partial charge in [0.15, 0.2) is 0 Å². The van der Waals surface area contributed by atoms with Gasteiger partial charge in [-0.3, -0.25) is 14.9 Å². The topological polar surface area (TPSA) is 57.7 Å². The molecule has 0 radical (unpaired) electrons. The molecule has 1 atom stereocenters. The lowest BCUT2D eigenvalue weighted by atomic mass is 10.1. The Morgan fingerprint density at radius 1 is 1.39 bits per heavy atom. The van der Waals surface area contributed by atoms with Gasteiger partial charge in [0.1, 0.15) is 0 Å². The normalized spacial score (nSPS) is 20.4. The van der Waals surface area contributed by atoms with Crippen LogP contribution in [-0.4, -0.2) is 31.4 Å². The number of hydrogen-bond donors (Lipinski definition) is 1. The number of nitrogens with one attached hydrogen (secondary N) is 1. The van der Waals surface area contributed by atoms with Crippen LogP contribution in [0.4, 0.5) is 0 Å². The first-order valence-corrected chi connectivity index (χ1v) is 6.33. The Labute approximate surface area is 106 Å². The van der Waals surface area contributed by atoms with Gasteiger partial charge in [0.25, 0.3) is 0 Å². The summed E-state index contributed by atoms with van der Waals surface area (Å²) in [6, 6.07) is 0.384. The second-order valence-electron chi connectivity index (χ2n) is 4.73. The van der Waals surface area contributed by atoms with Gasteiger partial charge in [-0.2, -0.15) is 0 Å². The van der Waals surface area contributed by atoms with Crippen LogP contribution < -0.4 is 0 Å². The summed E-state index contributed by atoms with van der Waals surface area (Å²) < 4.78 is 0. The van der Waals surface area contributed by atoms with Gasteiger partial charge < -0.3 is 4.98 Å². The van der Waals surface area contributed by atoms with Gasteiger partial charge in [0, 0.05) is 30.8 Å². The summed E-state index contributed by atoms with van der Waals surface area (Å²) in [6.07, 6.45) is 9.50. The number of rotatable bonds is 3. The van der Waals surface area contributed by atoms with E-state index in [1.54, 1.807) is 18.7 Å². The van der Waals surface area contributed by atoms with Crippen LogP contribution >= 0.6 is 0 Å². The fourth-order valence-corrected chi connectivity index (χ4v) is 2.57. The van der Waals surface area contributed by atoms with Crippen molar-refractivity contribution in [1.82, 2.24) is 24.8 Å². The minimum absolute atomic E-state index is 0.384. The number of imidazole rings is 1. The van der Waals surface area contributed by atoms with Crippen LogP contribution in [0.2, 0.25) is 0 Å². The average Bonchev–Trinajstić information content (AvgIpc) is 3.01. The van der Waals surface area contributed by atoms with E-state index in [0.717, 1.165) is 36.6 Å². The second kappa shape index (κ2) is 4.86. The zero-order valence-electron chi connectivity index (χ0n) is 10.5. The van der Waals surface area contributed by atoms with E-state index in [1.807, 2.05) is 6.20 Å². The third-order valence-electron chi connectivity index (χ3n) is 3.58. The van der Waals surface area contributed by atoms with Crippen molar-refractivity contribution < 1.29 is 0 Å². The molecule has 1 unspecified atom stereocenters. The molecule has 0 aromatic carbocycles. The van der Waals surface area contributed by atoms with Crippen molar-refractivity contribution in [2.75, 3.05) is 6.54 Å². The highest BCUT2D eigenvalue weighted by Crippen LogP contribution is 2.31. The standard InChI is InChI=1S/C13H17N5/c1-10-12(17-9-16-10)8-18-6-2-3-13(18)11-7-14-4-5-15-11/h4-5,7,9,13H,2-3,6,8H2,1H3,(H,16,17). The fourth-order valence-electron chi connectivity index (χ4n) is 2.57. The first kappa shape index (κ1) is 11.3. The third kappa shape index (κ3) is 2.13. The minimum atomic E-state index is 0.384. The fraction of sp³-hybridized carbons (Fsp3) is 0.462. The van der Waals surface area contributed by atoms with E-state index < -0.39 is 0 Å². The van der Waals surface area contributed by atoms with E-state index in [4.69, 9.17) is 0 Å². The van der Waals surface area contributed by atoms with Crippen molar-refractivity contribution in [3.05, 3.63) is 42.0 Å². The van der Waals surface area contributed by atoms with Crippen LogP contribution in [0.5, 0.6) is 0 Å². The summed E-state index contributed by atoms with van der Waals surface area (Å²) in [5.74, 6) is 0. The molecule has 2 aromatic heterocycles. The van der Waals surface area contributed by atoms with Gasteiger partial charge in [-0.15, -0.1) is 0 Å². The Hall–Kier alpha value is -1.75. The Morgan fingerprint density at radius 2 is 2.33 bits per heavy atom. The van der Waals surface area contributed by atoms with Gasteiger partial charge in [-0.1, -0.05) is 0 Å². The van der Waals surface area contributed by atoms with Crippen LogP contribution in [0.1, 0.15) is 36.0 Å². The van der Waals surface area contributed by atoms with E-state index in [-0.39, 0.29) is 0 Å². The lowest BCUT2D eigenvalue weighted by Crippen LogP contribution is -2.24. The Kier molecular flexibility index (Phi) is 3.06. The molecule has 5 heteroatoms. The van der Waals surface area contributed by atoms with Crippen molar-refractivity contribution in [2.24, 2.45) is 0 Å². The number of hydrogen-bond acceptors (Lipinski definition) is 4. The highest BCUT2D eigenvalue weighted by molar-refractivity contribution is 5.11. The SMILES string of the molecule is Cc1[nH]cnc1CN1CCCC1c1cnccn1. The molecule has 3 heterocycles. The van der Waals surface area contributed by atoms with Crippen molar-refractivity contribution in [2.45, 2.75) is 32.4 Å². The summed E-state index contributed by atoms with van der Waals surface area (Å²) in [4.78, 5) is 18.5. The second-order valence-corrected chi connectivity index (χ2v) is 4.73. The predicted octanol–water partition coefficient (Wildman–Crippen LogP) is 1.85. The lowest BCUT2D eigenvalue weighted by molar-refractivity contribution is 0.241. The van der Waals surface area contributed by atoms with E-state index in [1.165, 1.54) is 6.42 Å². The molecule has 1 aliphatic heterocycles. The average molecular weight is 243 g/mol. The van der Waals surface area contributed by atoms with Gasteiger partial charge in [0.2, 0.25) is 0 Å². The van der Waals surface area contributed by atoms with Crippen LogP contribution in [-0.2, 0) is 6.54 Å². The van der Waals surface area contributed by atoms with Gasteiger partial charge in [0.05, 0.1) is 23.8 Å². The van der Waals surface area contributed by atoms with Crippen LogP contribution in [0.25, 0.3) is 0 Å². The summed E-state index contributed by atoms with van der Waals surface area (Å²) >= 11 is 0. The number of aromatic amines is 1. The zero-order chi connectivity index (χ0) is 12.4. The first-order valence-electron chi connectivity index (χ1n) is 6.33. The van der Waals surface area contributed by atoms with Crippen LogP contribution in [0, 0.1) is 6.92 Å². The highest BCUT2D eigenvalue weighted by Gasteiger charge is 2.27. The molecule has 5 nitrogen and oxygen atoms in total. The highest BCUT2D eigenvalue weighted by atomic mass is 15.2. The Balaban J connectivity index is 1.78. The van der Waals surface area contributed by atoms with E-state index in [9.17, 15) is 0 Å². The largest absolute Gasteiger partial charge is 0.348 e. The number of likely N-dealkylation sites (tertiary alicyclic amines) is 1. The Bertz CT molecular complexity index is 507. The summed E-state index contributed by atoms with van der Waals surface area (Å²) in [5, 5.41) is 0. The van der Waals surface area contributed by atoms with Crippen LogP contribution in [0.15, 0.2) is 24.9 Å². The minimum Gasteiger partial charge on any atom is -0.348 e. The Morgan fingerprint density at radius 3 is 3.06 bits per heavy atom. The molecule has 2 aromatic rings. The van der Waals surface area contributed by atoms with Crippen molar-refractivity contribution >= 4 is 0 Å². The van der Waals surface area contributed by atoms with Gasteiger partial charge >= 0.3 is 0 Å². The smallest absolute Gasteiger partial charge is 0.0925 e. The van der Waals surface area contributed by atoms with Crippen molar-refractivity contribution in [1.29, 1.82) is 0 Å². The molecule has 0 amide bonds. The lowest BCUT2D eigenvalue weighted by Gasteiger charge is -2.23. The molecular weight excluding hydrogens is 226 g/mol. The molecule has 1 N–H and O–H groups in total. The molecule has 94 valence electrons. The summed E-state index contributed by atoms with van der Waals surface area (Å²) in [5.41, 5.74) is 3.36. The molecule has 0 saturated carbocycles. The van der Waals surface area contributed by atoms with Crippen molar-refractivity contribution in [3.63, 3.8) is 0 Å².